The molecule has 17 heavy (non-hydrogen) atoms. The van der Waals surface area contributed by atoms with Crippen molar-refractivity contribution >= 4 is 11.8 Å². The van der Waals surface area contributed by atoms with Gasteiger partial charge in [0.05, 0.1) is 6.54 Å². The van der Waals surface area contributed by atoms with Gasteiger partial charge in [0.15, 0.2) is 0 Å². The Kier molecular flexibility index (Phi) is 3.69. The zero-order valence-corrected chi connectivity index (χ0v) is 10.7. The molecule has 2 rings (SSSR count). The zero-order valence-electron chi connectivity index (χ0n) is 10.7. The van der Waals surface area contributed by atoms with Crippen molar-refractivity contribution < 1.29 is 9.59 Å². The third kappa shape index (κ3) is 2.61. The van der Waals surface area contributed by atoms with Crippen LogP contribution in [0.4, 0.5) is 0 Å². The highest BCUT2D eigenvalue weighted by Gasteiger charge is 2.36. The van der Waals surface area contributed by atoms with Gasteiger partial charge in [-0.15, -0.1) is 0 Å². The number of nitrogens with zero attached hydrogens (tertiary/aromatic N) is 1. The summed E-state index contributed by atoms with van der Waals surface area (Å²) in [5, 5.41) is 2.69. The SMILES string of the molecule is CCC1CCCC(N2CC(=O)NC(C)C2=O)C1. The molecule has 0 aromatic rings. The Balaban J connectivity index is 2.04. The highest BCUT2D eigenvalue weighted by atomic mass is 16.2. The molecule has 0 aromatic heterocycles. The van der Waals surface area contributed by atoms with Gasteiger partial charge in [-0.05, 0) is 25.7 Å². The quantitative estimate of drug-likeness (QED) is 0.788. The second kappa shape index (κ2) is 5.07. The first kappa shape index (κ1) is 12.4. The summed E-state index contributed by atoms with van der Waals surface area (Å²) in [6.45, 7) is 4.23. The van der Waals surface area contributed by atoms with E-state index in [-0.39, 0.29) is 30.4 Å². The molecule has 1 aliphatic carbocycles. The van der Waals surface area contributed by atoms with Gasteiger partial charge in [-0.3, -0.25) is 9.59 Å². The second-order valence-electron chi connectivity index (χ2n) is 5.35. The molecule has 96 valence electrons. The standard InChI is InChI=1S/C13H22N2O2/c1-3-10-5-4-6-11(7-10)15-8-12(16)14-9(2)13(15)17/h9-11H,3-8H2,1-2H3,(H,14,16). The Morgan fingerprint density at radius 3 is 2.82 bits per heavy atom. The number of amides is 2. The molecule has 0 radical (unpaired) electrons. The molecule has 1 saturated heterocycles. The summed E-state index contributed by atoms with van der Waals surface area (Å²) in [6.07, 6.45) is 5.77. The van der Waals surface area contributed by atoms with Crippen LogP contribution in [-0.4, -0.2) is 35.3 Å². The second-order valence-corrected chi connectivity index (χ2v) is 5.35. The van der Waals surface area contributed by atoms with Crippen LogP contribution in [0.25, 0.3) is 0 Å². The van der Waals surface area contributed by atoms with E-state index in [0.717, 1.165) is 18.8 Å². The molecule has 1 N–H and O–H groups in total. The molecular formula is C13H22N2O2. The number of carbonyl (C=O) groups is 2. The number of hydrogen-bond acceptors (Lipinski definition) is 2. The highest BCUT2D eigenvalue weighted by molar-refractivity contribution is 5.94. The summed E-state index contributed by atoms with van der Waals surface area (Å²) in [5.41, 5.74) is 0. The van der Waals surface area contributed by atoms with E-state index in [1.54, 1.807) is 6.92 Å². The lowest BCUT2D eigenvalue weighted by atomic mass is 9.83. The van der Waals surface area contributed by atoms with Crippen molar-refractivity contribution in [1.29, 1.82) is 0 Å². The van der Waals surface area contributed by atoms with Crippen LogP contribution in [0.2, 0.25) is 0 Å². The first-order valence-electron chi connectivity index (χ1n) is 6.71. The van der Waals surface area contributed by atoms with Gasteiger partial charge in [0.25, 0.3) is 0 Å². The maximum absolute atomic E-state index is 12.1. The minimum absolute atomic E-state index is 0.0179. The third-order valence-corrected chi connectivity index (χ3v) is 4.12. The van der Waals surface area contributed by atoms with Crippen molar-refractivity contribution in [3.05, 3.63) is 0 Å². The van der Waals surface area contributed by atoms with Crippen molar-refractivity contribution in [3.63, 3.8) is 0 Å². The van der Waals surface area contributed by atoms with Crippen LogP contribution in [0.5, 0.6) is 0 Å². The number of piperazine rings is 1. The molecule has 4 nitrogen and oxygen atoms in total. The molecule has 2 amide bonds. The van der Waals surface area contributed by atoms with Crippen molar-refractivity contribution in [1.82, 2.24) is 10.2 Å². The molecule has 2 fully saturated rings. The Morgan fingerprint density at radius 2 is 2.12 bits per heavy atom. The molecule has 3 unspecified atom stereocenters. The van der Waals surface area contributed by atoms with Gasteiger partial charge < -0.3 is 10.2 Å². The van der Waals surface area contributed by atoms with Crippen molar-refractivity contribution in [3.8, 4) is 0 Å². The number of nitrogens with one attached hydrogen (secondary N) is 1. The van der Waals surface area contributed by atoms with Gasteiger partial charge in [-0.25, -0.2) is 0 Å². The molecule has 0 aromatic carbocycles. The van der Waals surface area contributed by atoms with Crippen LogP contribution in [0, 0.1) is 5.92 Å². The lowest BCUT2D eigenvalue weighted by Gasteiger charge is -2.40. The van der Waals surface area contributed by atoms with E-state index in [1.807, 2.05) is 4.90 Å². The van der Waals surface area contributed by atoms with Crippen molar-refractivity contribution in [2.24, 2.45) is 5.92 Å². The lowest BCUT2D eigenvalue weighted by molar-refractivity contribution is -0.147. The van der Waals surface area contributed by atoms with E-state index in [2.05, 4.69) is 12.2 Å². The first-order valence-corrected chi connectivity index (χ1v) is 6.71. The van der Waals surface area contributed by atoms with E-state index < -0.39 is 0 Å². The summed E-state index contributed by atoms with van der Waals surface area (Å²) >= 11 is 0. The smallest absolute Gasteiger partial charge is 0.245 e. The van der Waals surface area contributed by atoms with Crippen molar-refractivity contribution in [2.45, 2.75) is 58.0 Å². The van der Waals surface area contributed by atoms with Crippen LogP contribution in [0.15, 0.2) is 0 Å². The Hall–Kier alpha value is -1.06. The fraction of sp³-hybridized carbons (Fsp3) is 0.846. The predicted molar refractivity (Wildman–Crippen MR) is 65.4 cm³/mol. The summed E-state index contributed by atoms with van der Waals surface area (Å²) in [4.78, 5) is 25.4. The average Bonchev–Trinajstić information content (AvgIpc) is 2.34. The minimum Gasteiger partial charge on any atom is -0.343 e. The highest BCUT2D eigenvalue weighted by Crippen LogP contribution is 2.30. The summed E-state index contributed by atoms with van der Waals surface area (Å²) in [6, 6.07) is -0.0621. The fourth-order valence-electron chi connectivity index (χ4n) is 3.06. The monoisotopic (exact) mass is 238 g/mol. The fourth-order valence-corrected chi connectivity index (χ4v) is 3.06. The van der Waals surface area contributed by atoms with E-state index in [4.69, 9.17) is 0 Å². The molecule has 0 bridgehead atoms. The molecule has 3 atom stereocenters. The molecule has 0 spiro atoms. The molecule has 2 aliphatic rings. The Labute approximate surface area is 103 Å². The largest absolute Gasteiger partial charge is 0.343 e. The van der Waals surface area contributed by atoms with Gasteiger partial charge in [0, 0.05) is 6.04 Å². The van der Waals surface area contributed by atoms with E-state index >= 15 is 0 Å². The summed E-state index contributed by atoms with van der Waals surface area (Å²) in [7, 11) is 0. The molecular weight excluding hydrogens is 216 g/mol. The zero-order chi connectivity index (χ0) is 12.4. The Bertz CT molecular complexity index is 317. The van der Waals surface area contributed by atoms with Gasteiger partial charge in [0.1, 0.15) is 6.04 Å². The predicted octanol–water partition coefficient (Wildman–Crippen LogP) is 1.30. The maximum Gasteiger partial charge on any atom is 0.245 e. The van der Waals surface area contributed by atoms with E-state index in [0.29, 0.717) is 0 Å². The van der Waals surface area contributed by atoms with Crippen LogP contribution in [-0.2, 0) is 9.59 Å². The van der Waals surface area contributed by atoms with Gasteiger partial charge >= 0.3 is 0 Å². The van der Waals surface area contributed by atoms with Crippen LogP contribution in [0.1, 0.15) is 46.0 Å². The number of rotatable bonds is 2. The molecule has 1 heterocycles. The van der Waals surface area contributed by atoms with Crippen LogP contribution in [0.3, 0.4) is 0 Å². The first-order chi connectivity index (χ1) is 8.11. The normalized spacial score (nSPS) is 34.7. The Morgan fingerprint density at radius 1 is 1.35 bits per heavy atom. The molecule has 4 heteroatoms. The minimum atomic E-state index is -0.349. The van der Waals surface area contributed by atoms with Gasteiger partial charge in [0.2, 0.25) is 11.8 Å². The van der Waals surface area contributed by atoms with Gasteiger partial charge in [-0.1, -0.05) is 26.2 Å². The molecule has 1 aliphatic heterocycles. The van der Waals surface area contributed by atoms with Crippen molar-refractivity contribution in [2.75, 3.05) is 6.54 Å². The van der Waals surface area contributed by atoms with E-state index in [1.165, 1.54) is 19.3 Å². The average molecular weight is 238 g/mol. The topological polar surface area (TPSA) is 49.4 Å². The van der Waals surface area contributed by atoms with Gasteiger partial charge in [-0.2, -0.15) is 0 Å². The summed E-state index contributed by atoms with van der Waals surface area (Å²) < 4.78 is 0. The maximum atomic E-state index is 12.1. The number of hydrogen-bond donors (Lipinski definition) is 1. The third-order valence-electron chi connectivity index (χ3n) is 4.12. The van der Waals surface area contributed by atoms with Crippen LogP contribution >= 0.6 is 0 Å². The lowest BCUT2D eigenvalue weighted by Crippen LogP contribution is -2.60. The number of carbonyl (C=O) groups excluding carboxylic acids is 2. The summed E-state index contributed by atoms with van der Waals surface area (Å²) in [5.74, 6) is 0.795. The van der Waals surface area contributed by atoms with E-state index in [9.17, 15) is 9.59 Å². The van der Waals surface area contributed by atoms with Crippen LogP contribution < -0.4 is 5.32 Å². The molecule has 1 saturated carbocycles.